The summed E-state index contributed by atoms with van der Waals surface area (Å²) < 4.78 is 5.56. The van der Waals surface area contributed by atoms with Gasteiger partial charge < -0.3 is 15.2 Å². The van der Waals surface area contributed by atoms with E-state index in [2.05, 4.69) is 26.1 Å². The normalized spacial score (nSPS) is 12.3. The first-order valence-electron chi connectivity index (χ1n) is 9.56. The molecule has 28 heavy (non-hydrogen) atoms. The van der Waals surface area contributed by atoms with Gasteiger partial charge in [-0.05, 0) is 47.2 Å². The van der Waals surface area contributed by atoms with Gasteiger partial charge in [-0.1, -0.05) is 52.0 Å². The number of hydrogen-bond acceptors (Lipinski definition) is 3. The van der Waals surface area contributed by atoms with Crippen LogP contribution in [0, 0.1) is 0 Å². The maximum atomic E-state index is 12.7. The molecule has 0 aromatic heterocycles. The van der Waals surface area contributed by atoms with Crippen molar-refractivity contribution in [1.82, 2.24) is 5.32 Å². The zero-order valence-corrected chi connectivity index (χ0v) is 17.0. The van der Waals surface area contributed by atoms with Crippen LogP contribution in [-0.4, -0.2) is 23.6 Å². The van der Waals surface area contributed by atoms with E-state index in [1.54, 1.807) is 36.4 Å². The molecule has 0 aliphatic carbocycles. The molecular formula is C23H29NO4. The fraction of sp³-hybridized carbons (Fsp3) is 0.391. The molecule has 0 saturated heterocycles. The number of carboxylic acid groups (broad SMARTS) is 1. The molecule has 1 atom stereocenters. The molecule has 0 fully saturated rings. The van der Waals surface area contributed by atoms with Crippen LogP contribution in [0.4, 0.5) is 0 Å². The summed E-state index contributed by atoms with van der Waals surface area (Å²) in [6.07, 6.45) is 0.717. The summed E-state index contributed by atoms with van der Waals surface area (Å²) in [4.78, 5) is 23.9. The lowest BCUT2D eigenvalue weighted by Crippen LogP contribution is -2.30. The first-order chi connectivity index (χ1) is 13.2. The van der Waals surface area contributed by atoms with Crippen LogP contribution < -0.4 is 10.1 Å². The van der Waals surface area contributed by atoms with Gasteiger partial charge in [0.2, 0.25) is 0 Å². The molecule has 0 bridgehead atoms. The minimum atomic E-state index is -0.973. The Kier molecular flexibility index (Phi) is 7.21. The van der Waals surface area contributed by atoms with Crippen molar-refractivity contribution in [2.24, 2.45) is 0 Å². The number of amides is 1. The van der Waals surface area contributed by atoms with Gasteiger partial charge in [0.05, 0.1) is 19.1 Å². The zero-order chi connectivity index (χ0) is 20.7. The van der Waals surface area contributed by atoms with Crippen LogP contribution in [0.25, 0.3) is 0 Å². The SMILES string of the molecule is CCCOc1ccc([C@H](CC(=O)O)NC(=O)c2ccc(C(C)(C)C)cc2)cc1. The van der Waals surface area contributed by atoms with Gasteiger partial charge in [0, 0.05) is 5.56 Å². The molecule has 2 rings (SSSR count). The van der Waals surface area contributed by atoms with Crippen LogP contribution in [0.2, 0.25) is 0 Å². The number of rotatable bonds is 8. The molecule has 2 aromatic carbocycles. The van der Waals surface area contributed by atoms with E-state index in [9.17, 15) is 14.7 Å². The number of carbonyl (C=O) groups excluding carboxylic acids is 1. The first-order valence-corrected chi connectivity index (χ1v) is 9.56. The molecule has 5 nitrogen and oxygen atoms in total. The number of benzene rings is 2. The van der Waals surface area contributed by atoms with E-state index < -0.39 is 12.0 Å². The fourth-order valence-corrected chi connectivity index (χ4v) is 2.81. The highest BCUT2D eigenvalue weighted by Crippen LogP contribution is 2.24. The van der Waals surface area contributed by atoms with Crippen molar-refractivity contribution < 1.29 is 19.4 Å². The lowest BCUT2D eigenvalue weighted by molar-refractivity contribution is -0.137. The maximum absolute atomic E-state index is 12.7. The van der Waals surface area contributed by atoms with Crippen LogP contribution in [0.15, 0.2) is 48.5 Å². The van der Waals surface area contributed by atoms with Crippen molar-refractivity contribution in [2.45, 2.75) is 52.0 Å². The van der Waals surface area contributed by atoms with E-state index >= 15 is 0 Å². The summed E-state index contributed by atoms with van der Waals surface area (Å²) in [6.45, 7) is 8.98. The minimum Gasteiger partial charge on any atom is -0.494 e. The maximum Gasteiger partial charge on any atom is 0.305 e. The molecule has 5 heteroatoms. The second kappa shape index (κ2) is 9.40. The Labute approximate surface area is 166 Å². The van der Waals surface area contributed by atoms with E-state index in [4.69, 9.17) is 4.74 Å². The molecule has 0 spiro atoms. The monoisotopic (exact) mass is 383 g/mol. The standard InChI is InChI=1S/C23H29NO4/c1-5-14-28-19-12-8-16(9-13-19)20(15-21(25)26)24-22(27)17-6-10-18(11-7-17)23(2,3)4/h6-13,20H,5,14-15H2,1-4H3,(H,24,27)(H,25,26)/t20-/m0/s1. The molecule has 1 amide bonds. The summed E-state index contributed by atoms with van der Waals surface area (Å²) in [5.41, 5.74) is 2.37. The highest BCUT2D eigenvalue weighted by atomic mass is 16.5. The average Bonchev–Trinajstić information content (AvgIpc) is 2.65. The molecule has 2 N–H and O–H groups in total. The van der Waals surface area contributed by atoms with Crippen LogP contribution in [0.1, 0.15) is 68.1 Å². The Hall–Kier alpha value is -2.82. The molecule has 0 unspecified atom stereocenters. The molecule has 0 heterocycles. The quantitative estimate of drug-likeness (QED) is 0.692. The Morgan fingerprint density at radius 1 is 1.04 bits per heavy atom. The van der Waals surface area contributed by atoms with E-state index in [1.807, 2.05) is 19.1 Å². The van der Waals surface area contributed by atoms with Crippen molar-refractivity contribution in [2.75, 3.05) is 6.61 Å². The molecule has 0 radical (unpaired) electrons. The third-order valence-corrected chi connectivity index (χ3v) is 4.45. The van der Waals surface area contributed by atoms with Crippen LogP contribution in [-0.2, 0) is 10.2 Å². The fourth-order valence-electron chi connectivity index (χ4n) is 2.81. The van der Waals surface area contributed by atoms with Crippen molar-refractivity contribution in [3.05, 3.63) is 65.2 Å². The van der Waals surface area contributed by atoms with Gasteiger partial charge >= 0.3 is 5.97 Å². The Morgan fingerprint density at radius 3 is 2.14 bits per heavy atom. The summed E-state index contributed by atoms with van der Waals surface area (Å²) in [6, 6.07) is 14.0. The number of aliphatic carboxylic acids is 1. The van der Waals surface area contributed by atoms with Crippen LogP contribution in [0.3, 0.4) is 0 Å². The first kappa shape index (κ1) is 21.5. The summed E-state index contributed by atoms with van der Waals surface area (Å²) in [5.74, 6) is -0.540. The molecule has 0 saturated carbocycles. The largest absolute Gasteiger partial charge is 0.494 e. The third kappa shape index (κ3) is 6.12. The molecule has 0 aliphatic heterocycles. The second-order valence-electron chi connectivity index (χ2n) is 7.87. The average molecular weight is 383 g/mol. The molecule has 2 aromatic rings. The predicted molar refractivity (Wildman–Crippen MR) is 110 cm³/mol. The van der Waals surface area contributed by atoms with Gasteiger partial charge in [0.15, 0.2) is 0 Å². The minimum absolute atomic E-state index is 0.00242. The zero-order valence-electron chi connectivity index (χ0n) is 17.0. The third-order valence-electron chi connectivity index (χ3n) is 4.45. The van der Waals surface area contributed by atoms with Crippen molar-refractivity contribution in [3.63, 3.8) is 0 Å². The van der Waals surface area contributed by atoms with E-state index in [0.717, 1.165) is 23.3 Å². The van der Waals surface area contributed by atoms with Gasteiger partial charge in [-0.3, -0.25) is 9.59 Å². The Morgan fingerprint density at radius 2 is 1.64 bits per heavy atom. The van der Waals surface area contributed by atoms with Crippen molar-refractivity contribution >= 4 is 11.9 Å². The number of ether oxygens (including phenoxy) is 1. The topological polar surface area (TPSA) is 75.6 Å². The van der Waals surface area contributed by atoms with Crippen LogP contribution in [0.5, 0.6) is 5.75 Å². The lowest BCUT2D eigenvalue weighted by atomic mass is 9.86. The van der Waals surface area contributed by atoms with Crippen LogP contribution >= 0.6 is 0 Å². The van der Waals surface area contributed by atoms with Gasteiger partial charge in [-0.2, -0.15) is 0 Å². The molecule has 0 aliphatic rings. The number of carbonyl (C=O) groups is 2. The van der Waals surface area contributed by atoms with Gasteiger partial charge in [-0.25, -0.2) is 0 Å². The smallest absolute Gasteiger partial charge is 0.305 e. The molecular weight excluding hydrogens is 354 g/mol. The van der Waals surface area contributed by atoms with E-state index in [0.29, 0.717) is 12.2 Å². The van der Waals surface area contributed by atoms with Gasteiger partial charge in [0.1, 0.15) is 5.75 Å². The van der Waals surface area contributed by atoms with Gasteiger partial charge in [-0.15, -0.1) is 0 Å². The van der Waals surface area contributed by atoms with E-state index in [-0.39, 0.29) is 17.7 Å². The Balaban J connectivity index is 2.15. The second-order valence-corrected chi connectivity index (χ2v) is 7.87. The highest BCUT2D eigenvalue weighted by molar-refractivity contribution is 5.94. The number of carboxylic acids is 1. The number of hydrogen-bond donors (Lipinski definition) is 2. The summed E-state index contributed by atoms with van der Waals surface area (Å²) in [5, 5.41) is 12.1. The lowest BCUT2D eigenvalue weighted by Gasteiger charge is -2.20. The number of nitrogens with one attached hydrogen (secondary N) is 1. The summed E-state index contributed by atoms with van der Waals surface area (Å²) >= 11 is 0. The summed E-state index contributed by atoms with van der Waals surface area (Å²) in [7, 11) is 0. The van der Waals surface area contributed by atoms with Crippen molar-refractivity contribution in [1.29, 1.82) is 0 Å². The highest BCUT2D eigenvalue weighted by Gasteiger charge is 2.20. The van der Waals surface area contributed by atoms with Crippen molar-refractivity contribution in [3.8, 4) is 5.75 Å². The van der Waals surface area contributed by atoms with E-state index in [1.165, 1.54) is 0 Å². The van der Waals surface area contributed by atoms with Gasteiger partial charge in [0.25, 0.3) is 5.91 Å². The predicted octanol–water partition coefficient (Wildman–Crippen LogP) is 4.72. The molecule has 150 valence electrons. The Bertz CT molecular complexity index is 789.